The van der Waals surface area contributed by atoms with E-state index in [1.165, 1.54) is 12.8 Å². The third kappa shape index (κ3) is 3.53. The van der Waals surface area contributed by atoms with Crippen LogP contribution in [0.3, 0.4) is 0 Å². The molecule has 106 valence electrons. The van der Waals surface area contributed by atoms with Crippen LogP contribution in [0.1, 0.15) is 44.3 Å². The van der Waals surface area contributed by atoms with Gasteiger partial charge < -0.3 is 10.8 Å². The second-order valence-electron chi connectivity index (χ2n) is 5.46. The van der Waals surface area contributed by atoms with Crippen molar-refractivity contribution in [2.45, 2.75) is 50.7 Å². The predicted octanol–water partition coefficient (Wildman–Crippen LogP) is 1.71. The van der Waals surface area contributed by atoms with Gasteiger partial charge in [0.05, 0.1) is 11.7 Å². The highest BCUT2D eigenvalue weighted by molar-refractivity contribution is 5.12. The molecule has 3 N–H and O–H groups in total. The Morgan fingerprint density at radius 2 is 2.37 bits per heavy atom. The lowest BCUT2D eigenvalue weighted by Gasteiger charge is -2.35. The quantitative estimate of drug-likeness (QED) is 0.820. The van der Waals surface area contributed by atoms with Gasteiger partial charge in [0.1, 0.15) is 0 Å². The summed E-state index contributed by atoms with van der Waals surface area (Å²) in [5.41, 5.74) is 7.27. The van der Waals surface area contributed by atoms with Crippen LogP contribution in [-0.2, 0) is 0 Å². The van der Waals surface area contributed by atoms with Gasteiger partial charge >= 0.3 is 0 Å². The van der Waals surface area contributed by atoms with Gasteiger partial charge in [0, 0.05) is 24.9 Å². The van der Waals surface area contributed by atoms with Gasteiger partial charge in [-0.1, -0.05) is 6.07 Å². The normalized spacial score (nSPS) is 23.4. The van der Waals surface area contributed by atoms with Crippen LogP contribution in [0.25, 0.3) is 0 Å². The average Bonchev–Trinajstić information content (AvgIpc) is 2.85. The van der Waals surface area contributed by atoms with Crippen LogP contribution in [0.5, 0.6) is 0 Å². The first kappa shape index (κ1) is 14.4. The Kier molecular flexibility index (Phi) is 5.31. The summed E-state index contributed by atoms with van der Waals surface area (Å²) in [7, 11) is 0. The van der Waals surface area contributed by atoms with E-state index in [4.69, 9.17) is 10.8 Å². The van der Waals surface area contributed by atoms with Crippen LogP contribution >= 0.6 is 0 Å². The van der Waals surface area contributed by atoms with E-state index in [1.54, 1.807) is 0 Å². The Labute approximate surface area is 115 Å². The van der Waals surface area contributed by atoms with Crippen molar-refractivity contribution in [1.29, 1.82) is 0 Å². The number of aliphatic hydroxyl groups is 1. The zero-order valence-corrected chi connectivity index (χ0v) is 11.7. The summed E-state index contributed by atoms with van der Waals surface area (Å²) in [4.78, 5) is 6.98. The number of nitrogens with two attached hydrogens (primary N) is 1. The number of nitrogens with zero attached hydrogens (tertiary/aromatic N) is 2. The second-order valence-corrected chi connectivity index (χ2v) is 5.46. The molecule has 2 rings (SSSR count). The van der Waals surface area contributed by atoms with E-state index < -0.39 is 0 Å². The molecule has 1 aromatic rings. The summed E-state index contributed by atoms with van der Waals surface area (Å²) in [5.74, 6) is 0. The molecule has 2 heterocycles. The van der Waals surface area contributed by atoms with E-state index in [2.05, 4.69) is 22.9 Å². The van der Waals surface area contributed by atoms with E-state index >= 15 is 0 Å². The number of pyridine rings is 1. The molecule has 0 amide bonds. The third-order valence-electron chi connectivity index (χ3n) is 3.96. The predicted molar refractivity (Wildman–Crippen MR) is 76.7 cm³/mol. The molecule has 1 aliphatic rings. The first-order chi connectivity index (χ1) is 9.24. The third-order valence-corrected chi connectivity index (χ3v) is 3.96. The summed E-state index contributed by atoms with van der Waals surface area (Å²) >= 11 is 0. The molecular weight excluding hydrogens is 238 g/mol. The monoisotopic (exact) mass is 263 g/mol. The standard InChI is InChI=1S/C15H25N3O/c1-12(16)15(14-8-2-3-9-17-14)18-10-4-6-13(18)7-5-11-19/h2-3,8-9,12-13,15,19H,4-7,10-11,16H2,1H3. The number of hydrogen-bond donors (Lipinski definition) is 2. The highest BCUT2D eigenvalue weighted by atomic mass is 16.2. The maximum atomic E-state index is 9.02. The number of aliphatic hydroxyl groups excluding tert-OH is 1. The number of hydrogen-bond acceptors (Lipinski definition) is 4. The Hall–Kier alpha value is -0.970. The molecule has 0 spiro atoms. The zero-order chi connectivity index (χ0) is 13.7. The molecule has 1 aromatic heterocycles. The molecule has 4 heteroatoms. The van der Waals surface area contributed by atoms with Crippen LogP contribution in [0.4, 0.5) is 0 Å². The van der Waals surface area contributed by atoms with Gasteiger partial charge in [-0.05, 0) is 51.3 Å². The lowest BCUT2D eigenvalue weighted by molar-refractivity contribution is 0.142. The summed E-state index contributed by atoms with van der Waals surface area (Å²) in [6, 6.07) is 6.81. The Balaban J connectivity index is 2.14. The van der Waals surface area contributed by atoms with Crippen molar-refractivity contribution in [2.75, 3.05) is 13.2 Å². The van der Waals surface area contributed by atoms with Gasteiger partial charge in [-0.25, -0.2) is 0 Å². The highest BCUT2D eigenvalue weighted by Crippen LogP contribution is 2.32. The van der Waals surface area contributed by atoms with Crippen molar-refractivity contribution in [2.24, 2.45) is 5.73 Å². The summed E-state index contributed by atoms with van der Waals surface area (Å²) in [6.07, 6.45) is 6.17. The molecule has 4 nitrogen and oxygen atoms in total. The SMILES string of the molecule is CC(N)C(c1ccccn1)N1CCCC1CCCO. The molecule has 0 aliphatic carbocycles. The minimum Gasteiger partial charge on any atom is -0.396 e. The molecule has 3 unspecified atom stereocenters. The topological polar surface area (TPSA) is 62.4 Å². The summed E-state index contributed by atoms with van der Waals surface area (Å²) in [6.45, 7) is 3.41. The van der Waals surface area contributed by atoms with Crippen molar-refractivity contribution in [3.63, 3.8) is 0 Å². The second kappa shape index (κ2) is 6.98. The van der Waals surface area contributed by atoms with Crippen LogP contribution in [0, 0.1) is 0 Å². The van der Waals surface area contributed by atoms with Crippen molar-refractivity contribution in [3.8, 4) is 0 Å². The highest BCUT2D eigenvalue weighted by Gasteiger charge is 2.33. The van der Waals surface area contributed by atoms with Crippen LogP contribution in [0.15, 0.2) is 24.4 Å². The van der Waals surface area contributed by atoms with Crippen molar-refractivity contribution < 1.29 is 5.11 Å². The smallest absolute Gasteiger partial charge is 0.0673 e. The average molecular weight is 263 g/mol. The zero-order valence-electron chi connectivity index (χ0n) is 11.7. The molecular formula is C15H25N3O. The fourth-order valence-electron chi connectivity index (χ4n) is 3.15. The lowest BCUT2D eigenvalue weighted by atomic mass is 10.0. The van der Waals surface area contributed by atoms with E-state index in [1.807, 2.05) is 18.3 Å². The maximum Gasteiger partial charge on any atom is 0.0673 e. The molecule has 1 saturated heterocycles. The van der Waals surface area contributed by atoms with Crippen LogP contribution < -0.4 is 5.73 Å². The molecule has 0 aromatic carbocycles. The fourth-order valence-corrected chi connectivity index (χ4v) is 3.15. The molecule has 0 bridgehead atoms. The van der Waals surface area contributed by atoms with Gasteiger partial charge in [0.25, 0.3) is 0 Å². The fraction of sp³-hybridized carbons (Fsp3) is 0.667. The van der Waals surface area contributed by atoms with E-state index in [0.29, 0.717) is 6.04 Å². The minimum atomic E-state index is 0.0598. The number of likely N-dealkylation sites (tertiary alicyclic amines) is 1. The molecule has 0 radical (unpaired) electrons. The Bertz CT molecular complexity index is 369. The van der Waals surface area contributed by atoms with Gasteiger partial charge in [-0.3, -0.25) is 9.88 Å². The van der Waals surface area contributed by atoms with Gasteiger partial charge in [0.15, 0.2) is 0 Å². The van der Waals surface area contributed by atoms with Crippen LogP contribution in [-0.4, -0.2) is 40.2 Å². The van der Waals surface area contributed by atoms with Gasteiger partial charge in [-0.2, -0.15) is 0 Å². The van der Waals surface area contributed by atoms with E-state index in [9.17, 15) is 0 Å². The first-order valence-corrected chi connectivity index (χ1v) is 7.27. The summed E-state index contributed by atoms with van der Waals surface area (Å²) in [5, 5.41) is 9.02. The Morgan fingerprint density at radius 3 is 3.00 bits per heavy atom. The van der Waals surface area contributed by atoms with Crippen molar-refractivity contribution >= 4 is 0 Å². The maximum absolute atomic E-state index is 9.02. The number of aromatic nitrogens is 1. The molecule has 1 fully saturated rings. The van der Waals surface area contributed by atoms with Crippen molar-refractivity contribution in [1.82, 2.24) is 9.88 Å². The first-order valence-electron chi connectivity index (χ1n) is 7.27. The molecule has 19 heavy (non-hydrogen) atoms. The minimum absolute atomic E-state index is 0.0598. The van der Waals surface area contributed by atoms with Crippen molar-refractivity contribution in [3.05, 3.63) is 30.1 Å². The molecule has 3 atom stereocenters. The van der Waals surface area contributed by atoms with E-state index in [0.717, 1.165) is 25.1 Å². The lowest BCUT2D eigenvalue weighted by Crippen LogP contribution is -2.42. The largest absolute Gasteiger partial charge is 0.396 e. The van der Waals surface area contributed by atoms with Crippen LogP contribution in [0.2, 0.25) is 0 Å². The Morgan fingerprint density at radius 1 is 1.53 bits per heavy atom. The van der Waals surface area contributed by atoms with E-state index in [-0.39, 0.29) is 18.7 Å². The molecule has 0 saturated carbocycles. The van der Waals surface area contributed by atoms with Gasteiger partial charge in [0.2, 0.25) is 0 Å². The molecule has 1 aliphatic heterocycles. The van der Waals surface area contributed by atoms with Gasteiger partial charge in [-0.15, -0.1) is 0 Å². The summed E-state index contributed by atoms with van der Waals surface area (Å²) < 4.78 is 0. The number of rotatable bonds is 6.